The summed E-state index contributed by atoms with van der Waals surface area (Å²) in [4.78, 5) is 43.9. The van der Waals surface area contributed by atoms with Crippen molar-refractivity contribution in [2.75, 3.05) is 17.7 Å². The zero-order chi connectivity index (χ0) is 34.9. The van der Waals surface area contributed by atoms with Gasteiger partial charge in [-0.3, -0.25) is 14.2 Å². The number of ether oxygens (including phenoxy) is 2. The first kappa shape index (κ1) is 39.2. The number of nitrogens with zero attached hydrogens (tertiary/aromatic N) is 2. The summed E-state index contributed by atoms with van der Waals surface area (Å²) in [5.41, 5.74) is 5.90. The predicted octanol–water partition coefficient (Wildman–Crippen LogP) is 7.06. The van der Waals surface area contributed by atoms with E-state index in [0.29, 0.717) is 25.0 Å². The third-order valence-electron chi connectivity index (χ3n) is 6.38. The van der Waals surface area contributed by atoms with Gasteiger partial charge in [0.05, 0.1) is 37.4 Å². The van der Waals surface area contributed by atoms with Crippen molar-refractivity contribution < 1.29 is 47.9 Å². The highest BCUT2D eigenvalue weighted by Gasteiger charge is 2.40. The van der Waals surface area contributed by atoms with Crippen LogP contribution in [-0.2, 0) is 18.9 Å². The molecule has 0 bridgehead atoms. The highest BCUT2D eigenvalue weighted by atomic mass is 79.9. The molecule has 2 aromatic rings. The van der Waals surface area contributed by atoms with Crippen molar-refractivity contribution in [1.29, 1.82) is 5.26 Å². The van der Waals surface area contributed by atoms with Crippen molar-refractivity contribution in [3.63, 3.8) is 0 Å². The molecule has 1 aliphatic heterocycles. The van der Waals surface area contributed by atoms with Crippen LogP contribution in [0.2, 0.25) is 5.02 Å². The van der Waals surface area contributed by atoms with Crippen molar-refractivity contribution in [1.82, 2.24) is 0 Å². The van der Waals surface area contributed by atoms with Crippen LogP contribution in [0.1, 0.15) is 51.5 Å². The standard InChI is InChI=1S/C17H17ClFNO4.C7H3Br2NO.C5H12NO4P/c1-9(2)15-16(21)20(17(22)24-15)13-8-14(11(18)7-12(13)19)23-10-5-3-4-6-10;8-5-1-4(3-10)2-6(9)7(5)11;1-11(9,10)3-2-4(6)5(7)8/h7-8,10H,3-6H2,1-2H3;1-2,11H;4H,2-3,6H2,1H3,(H,7,8)(H,9,10). The average Bonchev–Trinajstić information content (AvgIpc) is 3.59. The van der Waals surface area contributed by atoms with E-state index < -0.39 is 37.2 Å². The largest absolute Gasteiger partial charge is 0.506 e. The second-order valence-corrected chi connectivity index (χ2v) is 15.2. The molecule has 2 atom stereocenters. The fourth-order valence-electron chi connectivity index (χ4n) is 3.98. The number of anilines is 1. The minimum atomic E-state index is -3.10. The Balaban J connectivity index is 0.000000279. The predicted molar refractivity (Wildman–Crippen MR) is 176 cm³/mol. The minimum Gasteiger partial charge on any atom is -0.506 e. The lowest BCUT2D eigenvalue weighted by Gasteiger charge is -2.18. The van der Waals surface area contributed by atoms with Crippen LogP contribution in [0, 0.1) is 17.1 Å². The normalized spacial score (nSPS) is 16.3. The quantitative estimate of drug-likeness (QED) is 0.165. The second kappa shape index (κ2) is 17.2. The summed E-state index contributed by atoms with van der Waals surface area (Å²) in [5.74, 6) is -2.35. The lowest BCUT2D eigenvalue weighted by atomic mass is 10.2. The van der Waals surface area contributed by atoms with Crippen molar-refractivity contribution in [2.24, 2.45) is 5.73 Å². The third-order valence-corrected chi connectivity index (χ3v) is 8.97. The molecular formula is C29H32Br2ClFN3O9P. The number of nitrogens with two attached hydrogens (primary N) is 1. The van der Waals surface area contributed by atoms with Gasteiger partial charge in [-0.1, -0.05) is 11.6 Å². The van der Waals surface area contributed by atoms with Gasteiger partial charge in [0, 0.05) is 18.9 Å². The molecule has 2 aliphatic rings. The van der Waals surface area contributed by atoms with Crippen LogP contribution < -0.4 is 15.4 Å². The van der Waals surface area contributed by atoms with E-state index in [2.05, 4.69) is 31.9 Å². The number of hydrogen-bond acceptors (Lipinski definition) is 9. The number of carboxylic acids is 1. The number of carbonyl (C=O) groups is 3. The number of aromatic hydroxyl groups is 1. The first-order valence-corrected chi connectivity index (χ1v) is 17.9. The van der Waals surface area contributed by atoms with Crippen LogP contribution in [0.4, 0.5) is 14.9 Å². The molecular weight excluding hydrogens is 780 g/mol. The number of amides is 2. The smallest absolute Gasteiger partial charge is 0.427 e. The molecule has 1 heterocycles. The zero-order valence-corrected chi connectivity index (χ0v) is 29.8. The van der Waals surface area contributed by atoms with Gasteiger partial charge in [-0.25, -0.2) is 14.1 Å². The number of phenolic OH excluding ortho intramolecular Hbond substituents is 1. The summed E-state index contributed by atoms with van der Waals surface area (Å²) in [5, 5.41) is 26.1. The number of carbonyl (C=O) groups excluding carboxylic acids is 2. The molecule has 1 aliphatic carbocycles. The van der Waals surface area contributed by atoms with Gasteiger partial charge in [-0.15, -0.1) is 0 Å². The van der Waals surface area contributed by atoms with E-state index in [1.165, 1.54) is 12.7 Å². The first-order valence-electron chi connectivity index (χ1n) is 13.6. The molecule has 2 amide bonds. The van der Waals surface area contributed by atoms with Crippen LogP contribution in [0.25, 0.3) is 0 Å². The maximum atomic E-state index is 14.3. The molecule has 1 saturated heterocycles. The van der Waals surface area contributed by atoms with Gasteiger partial charge in [-0.05, 0) is 102 Å². The van der Waals surface area contributed by atoms with E-state index in [0.717, 1.165) is 31.7 Å². The van der Waals surface area contributed by atoms with Crippen molar-refractivity contribution in [3.8, 4) is 17.6 Å². The summed E-state index contributed by atoms with van der Waals surface area (Å²) >= 11 is 12.3. The zero-order valence-electron chi connectivity index (χ0n) is 24.9. The number of cyclic esters (lactones) is 1. The Labute approximate surface area is 286 Å². The highest BCUT2D eigenvalue weighted by Crippen LogP contribution is 2.38. The summed E-state index contributed by atoms with van der Waals surface area (Å²) in [7, 11) is -3.10. The van der Waals surface area contributed by atoms with Crippen molar-refractivity contribution >= 4 is 74.5 Å². The SMILES string of the molecule is CC(C)=C1OC(=O)N(c2cc(OC3CCCC3)c(Cl)cc2F)C1=O.CP(=O)(O)CCC(N)C(=O)O.N#Cc1cc(Br)c(O)c(Br)c1. The Bertz CT molecular complexity index is 1580. The molecule has 0 spiro atoms. The Morgan fingerprint density at radius 1 is 1.24 bits per heavy atom. The molecule has 46 heavy (non-hydrogen) atoms. The monoisotopic (exact) mass is 809 g/mol. The fourth-order valence-corrected chi connectivity index (χ4v) is 6.12. The van der Waals surface area contributed by atoms with Gasteiger partial charge in [0.15, 0.2) is 13.1 Å². The lowest BCUT2D eigenvalue weighted by molar-refractivity contribution is -0.138. The fraction of sp³-hybridized carbons (Fsp3) is 0.379. The molecule has 12 nitrogen and oxygen atoms in total. The molecule has 2 fully saturated rings. The summed E-state index contributed by atoms with van der Waals surface area (Å²) in [6.07, 6.45) is 3.00. The summed E-state index contributed by atoms with van der Waals surface area (Å²) in [6, 6.07) is 6.37. The van der Waals surface area contributed by atoms with E-state index >= 15 is 0 Å². The maximum absolute atomic E-state index is 14.3. The number of imide groups is 1. The van der Waals surface area contributed by atoms with Crippen LogP contribution in [0.15, 0.2) is 44.5 Å². The molecule has 5 N–H and O–H groups in total. The van der Waals surface area contributed by atoms with Crippen LogP contribution in [-0.4, -0.2) is 58.0 Å². The van der Waals surface area contributed by atoms with Gasteiger partial charge < -0.3 is 30.3 Å². The molecule has 2 aromatic carbocycles. The summed E-state index contributed by atoms with van der Waals surface area (Å²) < 4.78 is 36.7. The Morgan fingerprint density at radius 3 is 2.26 bits per heavy atom. The molecule has 4 rings (SSSR count). The Hall–Kier alpha value is -2.99. The van der Waals surface area contributed by atoms with Gasteiger partial charge in [-0.2, -0.15) is 5.26 Å². The first-order chi connectivity index (χ1) is 21.4. The van der Waals surface area contributed by atoms with Gasteiger partial charge in [0.1, 0.15) is 23.4 Å². The number of carboxylic acid groups (broad SMARTS) is 1. The number of rotatable bonds is 7. The molecule has 17 heteroatoms. The average molecular weight is 812 g/mol. The molecule has 0 radical (unpaired) electrons. The molecule has 1 saturated carbocycles. The van der Waals surface area contributed by atoms with E-state index in [9.17, 15) is 28.4 Å². The number of allylic oxidation sites excluding steroid dienone is 1. The van der Waals surface area contributed by atoms with Crippen LogP contribution >= 0.6 is 50.8 Å². The summed E-state index contributed by atoms with van der Waals surface area (Å²) in [6.45, 7) is 4.45. The van der Waals surface area contributed by atoms with Crippen molar-refractivity contribution in [2.45, 2.75) is 58.1 Å². The maximum Gasteiger partial charge on any atom is 0.427 e. The van der Waals surface area contributed by atoms with E-state index in [-0.39, 0.29) is 46.7 Å². The topological polar surface area (TPSA) is 200 Å². The number of nitriles is 1. The number of benzene rings is 2. The second-order valence-electron chi connectivity index (χ2n) is 10.5. The number of hydrogen-bond donors (Lipinski definition) is 4. The van der Waals surface area contributed by atoms with Crippen LogP contribution in [0.5, 0.6) is 11.5 Å². The number of aliphatic carboxylic acids is 1. The number of halogens is 4. The minimum absolute atomic E-state index is 0.00962. The highest BCUT2D eigenvalue weighted by molar-refractivity contribution is 9.11. The lowest BCUT2D eigenvalue weighted by Crippen LogP contribution is -2.30. The Morgan fingerprint density at radius 2 is 1.80 bits per heavy atom. The van der Waals surface area contributed by atoms with Gasteiger partial charge in [0.25, 0.3) is 0 Å². The van der Waals surface area contributed by atoms with E-state index in [1.807, 2.05) is 6.07 Å². The molecule has 2 unspecified atom stereocenters. The molecule has 250 valence electrons. The van der Waals surface area contributed by atoms with Gasteiger partial charge >= 0.3 is 18.0 Å². The van der Waals surface area contributed by atoms with Gasteiger partial charge in [0.2, 0.25) is 0 Å². The molecule has 0 aromatic heterocycles. The third kappa shape index (κ3) is 11.4. The van der Waals surface area contributed by atoms with E-state index in [4.69, 9.17) is 42.1 Å². The van der Waals surface area contributed by atoms with E-state index in [1.54, 1.807) is 26.0 Å². The van der Waals surface area contributed by atoms with Crippen LogP contribution in [0.3, 0.4) is 0 Å². The number of phenols is 1. The van der Waals surface area contributed by atoms with Crippen molar-refractivity contribution in [3.05, 3.63) is 60.9 Å². The Kier molecular flexibility index (Phi) is 14.7.